The van der Waals surface area contributed by atoms with Gasteiger partial charge in [0.15, 0.2) is 0 Å². The van der Waals surface area contributed by atoms with Gasteiger partial charge in [0.2, 0.25) is 0 Å². The summed E-state index contributed by atoms with van der Waals surface area (Å²) >= 11 is 6.36. The highest BCUT2D eigenvalue weighted by molar-refractivity contribution is 6.30. The molecule has 7 heteroatoms. The average Bonchev–Trinajstić information content (AvgIpc) is 2.91. The standard InChI is InChI=1S/C18H24ClN3O3/c1-2-3-4-5-6-7-17-20-16(13-23)18(19)21(17)12-14-8-10-15(11-9-14)22(24)25/h8-11,23H,2-7,12-13H2,1H3. The molecule has 6 nitrogen and oxygen atoms in total. The molecule has 1 aromatic carbocycles. The Labute approximate surface area is 152 Å². The number of rotatable bonds is 10. The highest BCUT2D eigenvalue weighted by Crippen LogP contribution is 2.22. The van der Waals surface area contributed by atoms with Crippen LogP contribution < -0.4 is 0 Å². The van der Waals surface area contributed by atoms with Crippen LogP contribution in [0.2, 0.25) is 5.15 Å². The van der Waals surface area contributed by atoms with E-state index in [1.165, 1.54) is 31.4 Å². The second-order valence-corrected chi connectivity index (χ2v) is 6.46. The van der Waals surface area contributed by atoms with E-state index in [0.717, 1.165) is 30.7 Å². The Morgan fingerprint density at radius 1 is 1.20 bits per heavy atom. The lowest BCUT2D eigenvalue weighted by Gasteiger charge is -2.09. The van der Waals surface area contributed by atoms with Crippen molar-refractivity contribution in [3.05, 3.63) is 56.6 Å². The maximum absolute atomic E-state index is 10.8. The van der Waals surface area contributed by atoms with Gasteiger partial charge in [-0.3, -0.25) is 10.1 Å². The smallest absolute Gasteiger partial charge is 0.269 e. The van der Waals surface area contributed by atoms with Crippen molar-refractivity contribution in [2.75, 3.05) is 0 Å². The fourth-order valence-electron chi connectivity index (χ4n) is 2.78. The van der Waals surface area contributed by atoms with Gasteiger partial charge in [0.25, 0.3) is 5.69 Å². The lowest BCUT2D eigenvalue weighted by molar-refractivity contribution is -0.384. The van der Waals surface area contributed by atoms with Crippen LogP contribution in [0.25, 0.3) is 0 Å². The van der Waals surface area contributed by atoms with Crippen molar-refractivity contribution in [2.45, 2.75) is 58.6 Å². The third-order valence-electron chi connectivity index (χ3n) is 4.19. The molecule has 0 aliphatic carbocycles. The van der Waals surface area contributed by atoms with Crippen LogP contribution >= 0.6 is 11.6 Å². The zero-order valence-corrected chi connectivity index (χ0v) is 15.2. The van der Waals surface area contributed by atoms with Gasteiger partial charge in [0.1, 0.15) is 16.7 Å². The predicted octanol–water partition coefficient (Wildman–Crippen LogP) is 4.50. The molecule has 0 atom stereocenters. The molecule has 0 amide bonds. The number of benzene rings is 1. The number of hydrogen-bond acceptors (Lipinski definition) is 4. The molecule has 0 bridgehead atoms. The summed E-state index contributed by atoms with van der Waals surface area (Å²) in [6, 6.07) is 6.41. The number of aryl methyl sites for hydroxylation is 1. The van der Waals surface area contributed by atoms with Crippen LogP contribution in [0.4, 0.5) is 5.69 Å². The molecule has 0 saturated heterocycles. The Bertz CT molecular complexity index is 698. The second-order valence-electron chi connectivity index (χ2n) is 6.10. The molecule has 136 valence electrons. The summed E-state index contributed by atoms with van der Waals surface area (Å²) in [6.45, 7) is 2.47. The molecule has 0 radical (unpaired) electrons. The average molecular weight is 366 g/mol. The molecule has 0 aliphatic heterocycles. The summed E-state index contributed by atoms with van der Waals surface area (Å²) in [4.78, 5) is 14.8. The lowest BCUT2D eigenvalue weighted by Crippen LogP contribution is -2.06. The van der Waals surface area contributed by atoms with E-state index in [1.807, 2.05) is 4.57 Å². The van der Waals surface area contributed by atoms with E-state index in [-0.39, 0.29) is 12.3 Å². The molecular weight excluding hydrogens is 342 g/mol. The van der Waals surface area contributed by atoms with E-state index in [2.05, 4.69) is 11.9 Å². The van der Waals surface area contributed by atoms with Gasteiger partial charge in [0.05, 0.1) is 18.1 Å². The largest absolute Gasteiger partial charge is 0.390 e. The predicted molar refractivity (Wildman–Crippen MR) is 97.8 cm³/mol. The summed E-state index contributed by atoms with van der Waals surface area (Å²) in [6.07, 6.45) is 6.62. The molecule has 0 saturated carbocycles. The molecule has 1 heterocycles. The van der Waals surface area contributed by atoms with E-state index < -0.39 is 4.92 Å². The lowest BCUT2D eigenvalue weighted by atomic mass is 10.1. The van der Waals surface area contributed by atoms with Crippen molar-refractivity contribution in [2.24, 2.45) is 0 Å². The van der Waals surface area contributed by atoms with E-state index in [9.17, 15) is 15.2 Å². The molecule has 2 rings (SSSR count). The summed E-state index contributed by atoms with van der Waals surface area (Å²) in [5, 5.41) is 20.6. The number of aliphatic hydroxyl groups excluding tert-OH is 1. The molecule has 1 aromatic heterocycles. The minimum atomic E-state index is -0.417. The number of hydrogen-bond donors (Lipinski definition) is 1. The molecule has 1 N–H and O–H groups in total. The highest BCUT2D eigenvalue weighted by Gasteiger charge is 2.15. The summed E-state index contributed by atoms with van der Waals surface area (Å²) < 4.78 is 1.88. The van der Waals surface area contributed by atoms with Crippen LogP contribution in [0.15, 0.2) is 24.3 Å². The number of aromatic nitrogens is 2. The number of aliphatic hydroxyl groups is 1. The summed E-state index contributed by atoms with van der Waals surface area (Å²) in [5.41, 5.74) is 1.45. The van der Waals surface area contributed by atoms with Gasteiger partial charge in [-0.1, -0.05) is 56.3 Å². The first-order chi connectivity index (χ1) is 12.1. The van der Waals surface area contributed by atoms with Crippen LogP contribution in [0.3, 0.4) is 0 Å². The van der Waals surface area contributed by atoms with Gasteiger partial charge in [0, 0.05) is 18.6 Å². The van der Waals surface area contributed by atoms with E-state index in [0.29, 0.717) is 17.4 Å². The Hall–Kier alpha value is -1.92. The summed E-state index contributed by atoms with van der Waals surface area (Å²) in [5.74, 6) is 0.851. The van der Waals surface area contributed by atoms with Crippen molar-refractivity contribution < 1.29 is 10.0 Å². The number of halogens is 1. The van der Waals surface area contributed by atoms with Gasteiger partial charge >= 0.3 is 0 Å². The van der Waals surface area contributed by atoms with Crippen molar-refractivity contribution in [3.63, 3.8) is 0 Å². The zero-order valence-electron chi connectivity index (χ0n) is 14.4. The normalized spacial score (nSPS) is 11.0. The first-order valence-corrected chi connectivity index (χ1v) is 9.02. The molecule has 25 heavy (non-hydrogen) atoms. The fourth-order valence-corrected chi connectivity index (χ4v) is 3.04. The molecule has 0 aliphatic rings. The summed E-state index contributed by atoms with van der Waals surface area (Å²) in [7, 11) is 0. The van der Waals surface area contributed by atoms with Crippen LogP contribution in [-0.4, -0.2) is 19.6 Å². The van der Waals surface area contributed by atoms with Gasteiger partial charge in [-0.15, -0.1) is 0 Å². The number of nitro groups is 1. The third kappa shape index (κ3) is 5.28. The van der Waals surface area contributed by atoms with E-state index >= 15 is 0 Å². The van der Waals surface area contributed by atoms with Gasteiger partial charge in [-0.05, 0) is 12.0 Å². The molecule has 0 unspecified atom stereocenters. The van der Waals surface area contributed by atoms with Gasteiger partial charge < -0.3 is 9.67 Å². The number of unbranched alkanes of at least 4 members (excludes halogenated alkanes) is 4. The quantitative estimate of drug-likeness (QED) is 0.382. The SMILES string of the molecule is CCCCCCCc1nc(CO)c(Cl)n1Cc1ccc([N+](=O)[O-])cc1. The maximum atomic E-state index is 10.8. The van der Waals surface area contributed by atoms with Crippen molar-refractivity contribution in [1.82, 2.24) is 9.55 Å². The topological polar surface area (TPSA) is 81.2 Å². The van der Waals surface area contributed by atoms with E-state index in [4.69, 9.17) is 11.6 Å². The van der Waals surface area contributed by atoms with Crippen LogP contribution in [0.1, 0.15) is 56.1 Å². The number of nitrogens with zero attached hydrogens (tertiary/aromatic N) is 3. The van der Waals surface area contributed by atoms with Crippen LogP contribution in [0.5, 0.6) is 0 Å². The van der Waals surface area contributed by atoms with Crippen molar-refractivity contribution in [3.8, 4) is 0 Å². The molecule has 2 aromatic rings. The number of imidazole rings is 1. The highest BCUT2D eigenvalue weighted by atomic mass is 35.5. The third-order valence-corrected chi connectivity index (χ3v) is 4.61. The van der Waals surface area contributed by atoms with Crippen molar-refractivity contribution >= 4 is 17.3 Å². The minimum Gasteiger partial charge on any atom is -0.390 e. The first-order valence-electron chi connectivity index (χ1n) is 8.64. The Balaban J connectivity index is 2.11. The van der Waals surface area contributed by atoms with Crippen LogP contribution in [0, 0.1) is 10.1 Å². The number of non-ortho nitro benzene ring substituents is 1. The molecule has 0 spiro atoms. The monoisotopic (exact) mass is 365 g/mol. The Morgan fingerprint density at radius 3 is 2.48 bits per heavy atom. The second kappa shape index (κ2) is 9.53. The fraction of sp³-hybridized carbons (Fsp3) is 0.500. The first kappa shape index (κ1) is 19.4. The van der Waals surface area contributed by atoms with Gasteiger partial charge in [-0.25, -0.2) is 4.98 Å². The Kier molecular flexibility index (Phi) is 7.40. The van der Waals surface area contributed by atoms with Gasteiger partial charge in [-0.2, -0.15) is 0 Å². The van der Waals surface area contributed by atoms with E-state index in [1.54, 1.807) is 12.1 Å². The maximum Gasteiger partial charge on any atom is 0.269 e. The zero-order chi connectivity index (χ0) is 18.2. The van der Waals surface area contributed by atoms with Crippen LogP contribution in [-0.2, 0) is 19.6 Å². The van der Waals surface area contributed by atoms with Crippen molar-refractivity contribution in [1.29, 1.82) is 0 Å². The Morgan fingerprint density at radius 2 is 1.88 bits per heavy atom. The molecule has 0 fully saturated rings. The minimum absolute atomic E-state index is 0.0627. The molecular formula is C18H24ClN3O3. The number of nitro benzene ring substituents is 1.